The molecule has 0 saturated heterocycles. The summed E-state index contributed by atoms with van der Waals surface area (Å²) < 4.78 is 5.08. The van der Waals surface area contributed by atoms with Gasteiger partial charge in [0.15, 0.2) is 5.71 Å². The van der Waals surface area contributed by atoms with Gasteiger partial charge in [-0.25, -0.2) is 4.79 Å². The number of carbonyl (C=O) groups is 2. The highest BCUT2D eigenvalue weighted by Crippen LogP contribution is 2.46. The molecule has 0 aromatic heterocycles. The summed E-state index contributed by atoms with van der Waals surface area (Å²) in [6.07, 6.45) is 9.25. The third kappa shape index (κ3) is 8.04. The van der Waals surface area contributed by atoms with Crippen LogP contribution in [-0.2, 0) is 25.2 Å². The van der Waals surface area contributed by atoms with E-state index in [9.17, 15) is 9.59 Å². The molecule has 39 heavy (non-hydrogen) atoms. The molecule has 0 heterocycles. The Labute approximate surface area is 233 Å². The van der Waals surface area contributed by atoms with Gasteiger partial charge in [-0.2, -0.15) is 0 Å². The number of amides is 1. The van der Waals surface area contributed by atoms with Crippen molar-refractivity contribution in [3.8, 4) is 0 Å². The molecule has 0 aliphatic heterocycles. The van der Waals surface area contributed by atoms with Crippen molar-refractivity contribution in [2.75, 3.05) is 18.5 Å². The van der Waals surface area contributed by atoms with Crippen LogP contribution in [0, 0.1) is 0 Å². The van der Waals surface area contributed by atoms with Gasteiger partial charge in [0.05, 0.1) is 5.56 Å². The van der Waals surface area contributed by atoms with E-state index in [-0.39, 0.29) is 29.1 Å². The smallest absolute Gasteiger partial charge is 0.338 e. The second-order valence-electron chi connectivity index (χ2n) is 11.6. The van der Waals surface area contributed by atoms with E-state index in [1.807, 2.05) is 6.07 Å². The number of benzene rings is 2. The Kier molecular flexibility index (Phi) is 10.5. The Bertz CT molecular complexity index is 1180. The Morgan fingerprint density at radius 1 is 0.923 bits per heavy atom. The number of unbranched alkanes of at least 4 members (excludes halogenated alkanes) is 4. The van der Waals surface area contributed by atoms with E-state index in [0.717, 1.165) is 31.2 Å². The topological polar surface area (TPSA) is 77.0 Å². The summed E-state index contributed by atoms with van der Waals surface area (Å²) in [5.74, 6) is -0.808. The zero-order chi connectivity index (χ0) is 28.5. The number of hydrogen-bond donors (Lipinski definition) is 1. The van der Waals surface area contributed by atoms with Gasteiger partial charge in [0.25, 0.3) is 5.91 Å². The fourth-order valence-corrected chi connectivity index (χ4v) is 4.94. The van der Waals surface area contributed by atoms with Crippen LogP contribution in [0.15, 0.2) is 60.3 Å². The minimum absolute atomic E-state index is 0.00137. The van der Waals surface area contributed by atoms with Crippen LogP contribution in [0.5, 0.6) is 0 Å². The lowest BCUT2D eigenvalue weighted by Crippen LogP contribution is -2.34. The van der Waals surface area contributed by atoms with Crippen LogP contribution in [0.4, 0.5) is 5.69 Å². The molecule has 1 N–H and O–H groups in total. The molecule has 0 atom stereocenters. The van der Waals surface area contributed by atoms with Gasteiger partial charge in [0.2, 0.25) is 0 Å². The third-order valence-electron chi connectivity index (χ3n) is 7.55. The first kappa shape index (κ1) is 30.1. The van der Waals surface area contributed by atoms with Crippen molar-refractivity contribution in [1.82, 2.24) is 0 Å². The van der Waals surface area contributed by atoms with Gasteiger partial charge in [0.1, 0.15) is 13.2 Å². The standard InChI is InChI=1S/C33H44N2O4/c1-7-9-10-11-12-22-39-35-29(25-15-18-27-28(23-25)33(5,6)20-19-32(27,3)4)30(36)34-26-16-13-24(14-17-26)31(37)38-21-8-2/h8,13-18,23H,2,7,9-12,19-22H2,1,3-6H3,(H,34,36)/b35-29-. The van der Waals surface area contributed by atoms with Gasteiger partial charge in [-0.3, -0.25) is 4.79 Å². The van der Waals surface area contributed by atoms with Crippen molar-refractivity contribution in [3.05, 3.63) is 77.4 Å². The van der Waals surface area contributed by atoms with E-state index in [1.165, 1.54) is 36.5 Å². The quantitative estimate of drug-likeness (QED) is 0.0942. The van der Waals surface area contributed by atoms with Crippen LogP contribution in [0.3, 0.4) is 0 Å². The van der Waals surface area contributed by atoms with Gasteiger partial charge < -0.3 is 14.9 Å². The van der Waals surface area contributed by atoms with Crippen LogP contribution in [-0.4, -0.2) is 30.8 Å². The monoisotopic (exact) mass is 532 g/mol. The van der Waals surface area contributed by atoms with Crippen molar-refractivity contribution < 1.29 is 19.2 Å². The van der Waals surface area contributed by atoms with Crippen LogP contribution in [0.2, 0.25) is 0 Å². The largest absolute Gasteiger partial charge is 0.458 e. The van der Waals surface area contributed by atoms with Crippen molar-refractivity contribution in [3.63, 3.8) is 0 Å². The summed E-state index contributed by atoms with van der Waals surface area (Å²) in [5.41, 5.74) is 4.55. The van der Waals surface area contributed by atoms with E-state index in [4.69, 9.17) is 9.57 Å². The predicted octanol–water partition coefficient (Wildman–Crippen LogP) is 7.71. The number of oxime groups is 1. The lowest BCUT2D eigenvalue weighted by molar-refractivity contribution is -0.110. The van der Waals surface area contributed by atoms with E-state index >= 15 is 0 Å². The number of ether oxygens (including phenoxy) is 1. The lowest BCUT2D eigenvalue weighted by atomic mass is 9.63. The highest BCUT2D eigenvalue weighted by Gasteiger charge is 2.37. The number of hydrogen-bond acceptors (Lipinski definition) is 5. The average Bonchev–Trinajstić information content (AvgIpc) is 2.91. The van der Waals surface area contributed by atoms with Crippen molar-refractivity contribution in [2.24, 2.45) is 5.16 Å². The molecule has 1 aliphatic rings. The number of nitrogens with zero attached hydrogens (tertiary/aromatic N) is 1. The molecule has 3 rings (SSSR count). The second-order valence-corrected chi connectivity index (χ2v) is 11.6. The highest BCUT2D eigenvalue weighted by atomic mass is 16.6. The number of nitrogens with one attached hydrogen (secondary N) is 1. The zero-order valence-corrected chi connectivity index (χ0v) is 24.3. The number of fused-ring (bicyclic) bond motifs is 1. The maximum absolute atomic E-state index is 13.5. The minimum Gasteiger partial charge on any atom is -0.458 e. The molecule has 210 valence electrons. The van der Waals surface area contributed by atoms with E-state index in [0.29, 0.717) is 17.9 Å². The van der Waals surface area contributed by atoms with E-state index < -0.39 is 5.97 Å². The Morgan fingerprint density at radius 3 is 2.23 bits per heavy atom. The minimum atomic E-state index is -0.443. The summed E-state index contributed by atoms with van der Waals surface area (Å²) in [4.78, 5) is 31.3. The molecule has 1 aliphatic carbocycles. The molecule has 2 aromatic carbocycles. The van der Waals surface area contributed by atoms with Crippen LogP contribution < -0.4 is 5.32 Å². The van der Waals surface area contributed by atoms with Crippen LogP contribution in [0.25, 0.3) is 0 Å². The first-order valence-corrected chi connectivity index (χ1v) is 14.1. The van der Waals surface area contributed by atoms with Gasteiger partial charge in [0, 0.05) is 11.3 Å². The highest BCUT2D eigenvalue weighted by molar-refractivity contribution is 6.48. The first-order chi connectivity index (χ1) is 18.6. The van der Waals surface area contributed by atoms with Gasteiger partial charge >= 0.3 is 5.97 Å². The maximum Gasteiger partial charge on any atom is 0.338 e. The molecular formula is C33H44N2O4. The molecule has 0 radical (unpaired) electrons. The van der Waals surface area contributed by atoms with Crippen molar-refractivity contribution in [2.45, 2.75) is 90.4 Å². The number of anilines is 1. The van der Waals surface area contributed by atoms with Crippen LogP contribution >= 0.6 is 0 Å². The van der Waals surface area contributed by atoms with Crippen LogP contribution in [0.1, 0.15) is 107 Å². The summed E-state index contributed by atoms with van der Waals surface area (Å²) in [5, 5.41) is 7.26. The van der Waals surface area contributed by atoms with E-state index in [2.05, 4.69) is 63.8 Å². The summed E-state index contributed by atoms with van der Waals surface area (Å²) in [7, 11) is 0. The first-order valence-electron chi connectivity index (χ1n) is 14.1. The summed E-state index contributed by atoms with van der Waals surface area (Å²) in [6, 6.07) is 12.8. The predicted molar refractivity (Wildman–Crippen MR) is 159 cm³/mol. The summed E-state index contributed by atoms with van der Waals surface area (Å²) >= 11 is 0. The number of carbonyl (C=O) groups excluding carboxylic acids is 2. The van der Waals surface area contributed by atoms with Gasteiger partial charge in [-0.1, -0.05) is 83.8 Å². The molecular weight excluding hydrogens is 488 g/mol. The molecule has 6 nitrogen and oxygen atoms in total. The Balaban J connectivity index is 1.84. The Hall–Kier alpha value is -3.41. The molecule has 1 amide bonds. The molecule has 6 heteroatoms. The normalized spacial score (nSPS) is 15.7. The van der Waals surface area contributed by atoms with E-state index in [1.54, 1.807) is 24.3 Å². The SMILES string of the molecule is C=CCOC(=O)c1ccc(NC(=O)/C(=N\OCCCCCCC)c2ccc3c(c2)C(C)(C)CCC3(C)C)cc1. The van der Waals surface area contributed by atoms with Crippen molar-refractivity contribution in [1.29, 1.82) is 0 Å². The molecule has 0 bridgehead atoms. The second kappa shape index (κ2) is 13.6. The zero-order valence-electron chi connectivity index (χ0n) is 24.3. The number of esters is 1. The Morgan fingerprint density at radius 2 is 1.56 bits per heavy atom. The maximum atomic E-state index is 13.5. The third-order valence-corrected chi connectivity index (χ3v) is 7.55. The molecule has 2 aromatic rings. The molecule has 0 unspecified atom stereocenters. The van der Waals surface area contributed by atoms with Crippen molar-refractivity contribution >= 4 is 23.3 Å². The fraction of sp³-hybridized carbons (Fsp3) is 0.485. The number of rotatable bonds is 13. The lowest BCUT2D eigenvalue weighted by Gasteiger charge is -2.42. The molecule has 0 spiro atoms. The van der Waals surface area contributed by atoms with Gasteiger partial charge in [-0.05, 0) is 78.0 Å². The fourth-order valence-electron chi connectivity index (χ4n) is 4.94. The summed E-state index contributed by atoms with van der Waals surface area (Å²) in [6.45, 7) is 15.4. The average molecular weight is 533 g/mol. The molecule has 0 saturated carbocycles. The molecule has 0 fully saturated rings. The van der Waals surface area contributed by atoms with Gasteiger partial charge in [-0.15, -0.1) is 0 Å².